The van der Waals surface area contributed by atoms with E-state index in [-0.39, 0.29) is 18.2 Å². The Balaban J connectivity index is 0.00000289. The third-order valence-corrected chi connectivity index (χ3v) is 6.99. The molecule has 8 heteroatoms. The molecule has 2 heterocycles. The van der Waals surface area contributed by atoms with Gasteiger partial charge in [0.15, 0.2) is 0 Å². The lowest BCUT2D eigenvalue weighted by Crippen LogP contribution is -2.38. The quantitative estimate of drug-likeness (QED) is 0.552. The minimum atomic E-state index is -0.759. The Bertz CT molecular complexity index is 911. The summed E-state index contributed by atoms with van der Waals surface area (Å²) in [6.07, 6.45) is 5.27. The van der Waals surface area contributed by atoms with E-state index in [4.69, 9.17) is 4.74 Å². The first-order valence-corrected chi connectivity index (χ1v) is 11.8. The zero-order chi connectivity index (χ0) is 21.6. The smallest absolute Gasteiger partial charge is 0.320 e. The second kappa shape index (κ2) is 11.8. The number of ether oxygens (including phenoxy) is 1. The zero-order valence-corrected chi connectivity index (χ0v) is 19.7. The van der Waals surface area contributed by atoms with E-state index in [0.717, 1.165) is 47.3 Å². The number of halogens is 2. The molecular weight excluding hydrogens is 451 g/mol. The molecule has 0 aromatic heterocycles. The van der Waals surface area contributed by atoms with Crippen LogP contribution in [-0.4, -0.2) is 54.8 Å². The molecule has 2 aromatic rings. The highest BCUT2D eigenvalue weighted by Crippen LogP contribution is 2.38. The van der Waals surface area contributed by atoms with Crippen LogP contribution in [0.4, 0.5) is 10.1 Å². The van der Waals surface area contributed by atoms with Gasteiger partial charge in [-0.3, -0.25) is 9.69 Å². The van der Waals surface area contributed by atoms with E-state index in [1.54, 1.807) is 6.07 Å². The summed E-state index contributed by atoms with van der Waals surface area (Å²) in [6, 6.07) is 12.4. The maximum absolute atomic E-state index is 13.7. The van der Waals surface area contributed by atoms with Gasteiger partial charge < -0.3 is 14.7 Å². The molecule has 0 amide bonds. The van der Waals surface area contributed by atoms with Crippen LogP contribution in [-0.2, 0) is 4.79 Å². The van der Waals surface area contributed by atoms with Crippen LogP contribution in [0.1, 0.15) is 32.1 Å². The van der Waals surface area contributed by atoms with E-state index in [9.17, 15) is 14.3 Å². The van der Waals surface area contributed by atoms with Crippen molar-refractivity contribution in [1.29, 1.82) is 0 Å². The van der Waals surface area contributed by atoms with Crippen LogP contribution in [0.25, 0.3) is 0 Å². The fraction of sp³-hybridized carbons (Fsp3) is 0.458. The standard InChI is InChI=1S/C24H29FN2O3S.ClH/c25-18-6-4-7-20(16-18)31-23-17-19(26-11-2-1-3-12-26)9-10-22(23)30-15-14-27-13-5-8-21(27)24(28)29;/h4,6-7,9-10,16-17,21H,1-3,5,8,11-15H2,(H,28,29);1H/t21-;/m0./s1. The fourth-order valence-electron chi connectivity index (χ4n) is 4.35. The molecule has 5 nitrogen and oxygen atoms in total. The number of likely N-dealkylation sites (tertiary alicyclic amines) is 1. The summed E-state index contributed by atoms with van der Waals surface area (Å²) in [5.41, 5.74) is 1.16. The number of carbonyl (C=O) groups is 1. The van der Waals surface area contributed by atoms with Gasteiger partial charge in [-0.2, -0.15) is 0 Å². The average molecular weight is 481 g/mol. The van der Waals surface area contributed by atoms with Crippen molar-refractivity contribution in [2.24, 2.45) is 0 Å². The van der Waals surface area contributed by atoms with Gasteiger partial charge in [0.05, 0.1) is 4.90 Å². The molecule has 2 aromatic carbocycles. The zero-order valence-electron chi connectivity index (χ0n) is 18.0. The van der Waals surface area contributed by atoms with Crippen molar-refractivity contribution in [3.8, 4) is 5.75 Å². The highest BCUT2D eigenvalue weighted by Gasteiger charge is 2.30. The number of rotatable bonds is 8. The Morgan fingerprint density at radius 2 is 1.91 bits per heavy atom. The van der Waals surface area contributed by atoms with E-state index < -0.39 is 12.0 Å². The summed E-state index contributed by atoms with van der Waals surface area (Å²) in [7, 11) is 0. The Morgan fingerprint density at radius 3 is 2.66 bits per heavy atom. The topological polar surface area (TPSA) is 53.0 Å². The number of carboxylic acids is 1. The predicted octanol–water partition coefficient (Wildman–Crippen LogP) is 5.32. The fourth-order valence-corrected chi connectivity index (χ4v) is 5.33. The van der Waals surface area contributed by atoms with Gasteiger partial charge in [0.1, 0.15) is 24.2 Å². The summed E-state index contributed by atoms with van der Waals surface area (Å²) < 4.78 is 19.8. The molecule has 174 valence electrons. The van der Waals surface area contributed by atoms with Gasteiger partial charge in [0.25, 0.3) is 0 Å². The van der Waals surface area contributed by atoms with Crippen molar-refractivity contribution < 1.29 is 19.0 Å². The lowest BCUT2D eigenvalue weighted by Gasteiger charge is -2.29. The molecule has 32 heavy (non-hydrogen) atoms. The van der Waals surface area contributed by atoms with E-state index >= 15 is 0 Å². The van der Waals surface area contributed by atoms with Gasteiger partial charge in [0, 0.05) is 30.2 Å². The number of benzene rings is 2. The molecule has 0 bridgehead atoms. The SMILES string of the molecule is Cl.O=C(O)[C@@H]1CCCN1CCOc1ccc(N2CCCCC2)cc1Sc1cccc(F)c1. The normalized spacial score (nSPS) is 18.9. The molecule has 0 unspecified atom stereocenters. The molecule has 0 radical (unpaired) electrons. The second-order valence-corrected chi connectivity index (χ2v) is 9.23. The van der Waals surface area contributed by atoms with Crippen LogP contribution in [0, 0.1) is 5.82 Å². The first kappa shape index (κ1) is 24.7. The minimum Gasteiger partial charge on any atom is -0.491 e. The number of carboxylic acid groups (broad SMARTS) is 1. The Hall–Kier alpha value is -1.96. The van der Waals surface area contributed by atoms with E-state index in [0.29, 0.717) is 19.6 Å². The number of piperidine rings is 1. The lowest BCUT2D eigenvalue weighted by atomic mass is 10.1. The summed E-state index contributed by atoms with van der Waals surface area (Å²) in [5.74, 6) is -0.264. The third-order valence-electron chi connectivity index (χ3n) is 5.96. The van der Waals surface area contributed by atoms with Gasteiger partial charge in [-0.05, 0) is 75.0 Å². The monoisotopic (exact) mass is 480 g/mol. The summed E-state index contributed by atoms with van der Waals surface area (Å²) in [5, 5.41) is 9.36. The average Bonchev–Trinajstić information content (AvgIpc) is 3.24. The van der Waals surface area contributed by atoms with Gasteiger partial charge in [-0.15, -0.1) is 12.4 Å². The van der Waals surface area contributed by atoms with E-state index in [1.807, 2.05) is 17.0 Å². The number of aliphatic carboxylic acids is 1. The van der Waals surface area contributed by atoms with Crippen LogP contribution in [0.5, 0.6) is 5.75 Å². The molecule has 2 aliphatic heterocycles. The second-order valence-electron chi connectivity index (χ2n) is 8.12. The molecular formula is C24H30ClFN2O3S. The van der Waals surface area contributed by atoms with Gasteiger partial charge >= 0.3 is 5.97 Å². The molecule has 2 fully saturated rings. The summed E-state index contributed by atoms with van der Waals surface area (Å²) in [6.45, 7) is 3.89. The van der Waals surface area contributed by atoms with E-state index in [2.05, 4.69) is 17.0 Å². The summed E-state index contributed by atoms with van der Waals surface area (Å²) in [4.78, 5) is 17.5. The molecule has 1 N–H and O–H groups in total. The van der Waals surface area contributed by atoms with Crippen molar-refractivity contribution in [2.75, 3.05) is 37.7 Å². The molecule has 1 atom stereocenters. The number of hydrogen-bond donors (Lipinski definition) is 1. The van der Waals surface area contributed by atoms with E-state index in [1.165, 1.54) is 43.2 Å². The largest absolute Gasteiger partial charge is 0.491 e. The molecule has 0 aliphatic carbocycles. The van der Waals surface area contributed by atoms with Crippen molar-refractivity contribution in [1.82, 2.24) is 4.90 Å². The molecule has 2 aliphatic rings. The highest BCUT2D eigenvalue weighted by molar-refractivity contribution is 7.99. The van der Waals surface area contributed by atoms with Crippen LogP contribution in [0.15, 0.2) is 52.3 Å². The van der Waals surface area contributed by atoms with Gasteiger partial charge in [-0.1, -0.05) is 17.8 Å². The Morgan fingerprint density at radius 1 is 1.09 bits per heavy atom. The van der Waals surface area contributed by atoms with Crippen molar-refractivity contribution >= 4 is 35.8 Å². The Kier molecular flexibility index (Phi) is 9.08. The maximum Gasteiger partial charge on any atom is 0.320 e. The third kappa shape index (κ3) is 6.30. The van der Waals surface area contributed by atoms with Gasteiger partial charge in [-0.25, -0.2) is 4.39 Å². The first-order chi connectivity index (χ1) is 15.1. The van der Waals surface area contributed by atoms with Crippen LogP contribution in [0.3, 0.4) is 0 Å². The van der Waals surface area contributed by atoms with Crippen molar-refractivity contribution in [3.05, 3.63) is 48.3 Å². The van der Waals surface area contributed by atoms with Gasteiger partial charge in [0.2, 0.25) is 0 Å². The first-order valence-electron chi connectivity index (χ1n) is 11.0. The highest BCUT2D eigenvalue weighted by atomic mass is 35.5. The molecule has 0 saturated carbocycles. The van der Waals surface area contributed by atoms with Crippen molar-refractivity contribution in [2.45, 2.75) is 47.9 Å². The molecule has 2 saturated heterocycles. The molecule has 4 rings (SSSR count). The minimum absolute atomic E-state index is 0. The number of anilines is 1. The lowest BCUT2D eigenvalue weighted by molar-refractivity contribution is -0.142. The van der Waals surface area contributed by atoms with Crippen LogP contribution >= 0.6 is 24.2 Å². The number of nitrogens with zero attached hydrogens (tertiary/aromatic N) is 2. The predicted molar refractivity (Wildman–Crippen MR) is 128 cm³/mol. The van der Waals surface area contributed by atoms with Crippen molar-refractivity contribution in [3.63, 3.8) is 0 Å². The summed E-state index contributed by atoms with van der Waals surface area (Å²) >= 11 is 1.50. The van der Waals surface area contributed by atoms with Crippen LogP contribution in [0.2, 0.25) is 0 Å². The number of hydrogen-bond acceptors (Lipinski definition) is 5. The maximum atomic E-state index is 13.7. The Labute approximate surface area is 199 Å². The van der Waals surface area contributed by atoms with Crippen LogP contribution < -0.4 is 9.64 Å². The molecule has 0 spiro atoms.